The molecular formula is C16H16ClN2O4-. The predicted molar refractivity (Wildman–Crippen MR) is 88.0 cm³/mol. The van der Waals surface area contributed by atoms with Gasteiger partial charge in [0.15, 0.2) is 0 Å². The number of carbonyl (C=O) groups is 1. The van der Waals surface area contributed by atoms with Gasteiger partial charge in [-0.2, -0.15) is 0 Å². The fourth-order valence-corrected chi connectivity index (χ4v) is 2.32. The Morgan fingerprint density at radius 1 is 1.35 bits per heavy atom. The number of aryl methyl sites for hydroxylation is 1. The van der Waals surface area contributed by atoms with Crippen LogP contribution in [-0.2, 0) is 6.54 Å². The fourth-order valence-electron chi connectivity index (χ4n) is 2.09. The van der Waals surface area contributed by atoms with Crippen LogP contribution < -0.4 is 15.3 Å². The Labute approximate surface area is 138 Å². The first-order valence-electron chi connectivity index (χ1n) is 6.79. The predicted octanol–water partition coefficient (Wildman–Crippen LogP) is 3.28. The maximum atomic E-state index is 12.2. The zero-order valence-electron chi connectivity index (χ0n) is 12.7. The molecule has 0 unspecified atom stereocenters. The third-order valence-electron chi connectivity index (χ3n) is 3.26. The third-order valence-corrected chi connectivity index (χ3v) is 3.47. The summed E-state index contributed by atoms with van der Waals surface area (Å²) in [5, 5.41) is 23.2. The molecule has 122 valence electrons. The van der Waals surface area contributed by atoms with Crippen molar-refractivity contribution in [3.05, 3.63) is 63.3 Å². The van der Waals surface area contributed by atoms with Crippen LogP contribution in [0.5, 0.6) is 5.75 Å². The van der Waals surface area contributed by atoms with E-state index in [2.05, 4.69) is 5.32 Å². The zero-order chi connectivity index (χ0) is 17.0. The molecule has 23 heavy (non-hydrogen) atoms. The zero-order valence-corrected chi connectivity index (χ0v) is 13.4. The van der Waals surface area contributed by atoms with Gasteiger partial charge in [-0.05, 0) is 42.3 Å². The standard InChI is InChI=1S/C16H16ClN2O4/c1-10-3-4-11(15(5-10)19(21)22)9-18-16(20)12-6-13(17)8-14(7-12)23-2/h3-8,21H,9H2,1-2H3,(H,18,20)/q-1. The monoisotopic (exact) mass is 335 g/mol. The summed E-state index contributed by atoms with van der Waals surface area (Å²) in [5.74, 6) is 0.104. The molecule has 0 radical (unpaired) electrons. The van der Waals surface area contributed by atoms with Crippen LogP contribution in [0.1, 0.15) is 21.5 Å². The molecule has 2 rings (SSSR count). The Morgan fingerprint density at radius 2 is 2.09 bits per heavy atom. The largest absolute Gasteiger partial charge is 0.733 e. The second-order valence-electron chi connectivity index (χ2n) is 4.97. The van der Waals surface area contributed by atoms with E-state index in [4.69, 9.17) is 21.5 Å². The normalized spacial score (nSPS) is 10.3. The highest BCUT2D eigenvalue weighted by Gasteiger charge is 2.10. The molecule has 0 aliphatic carbocycles. The van der Waals surface area contributed by atoms with E-state index in [9.17, 15) is 10.0 Å². The number of halogens is 1. The van der Waals surface area contributed by atoms with Crippen LogP contribution in [0.4, 0.5) is 5.69 Å². The lowest BCUT2D eigenvalue weighted by Crippen LogP contribution is -2.24. The number of rotatable bonds is 5. The second-order valence-corrected chi connectivity index (χ2v) is 5.40. The summed E-state index contributed by atoms with van der Waals surface area (Å²) in [5.41, 5.74) is 1.75. The molecule has 0 saturated carbocycles. The molecule has 2 aromatic rings. The summed E-state index contributed by atoms with van der Waals surface area (Å²) in [4.78, 5) is 12.2. The van der Waals surface area contributed by atoms with Gasteiger partial charge >= 0.3 is 0 Å². The van der Waals surface area contributed by atoms with Crippen molar-refractivity contribution in [3.8, 4) is 5.75 Å². The van der Waals surface area contributed by atoms with Crippen LogP contribution in [0.2, 0.25) is 5.02 Å². The van der Waals surface area contributed by atoms with Crippen LogP contribution >= 0.6 is 11.6 Å². The number of amides is 1. The van der Waals surface area contributed by atoms with Gasteiger partial charge in [0.1, 0.15) is 5.75 Å². The minimum Gasteiger partial charge on any atom is -0.733 e. The van der Waals surface area contributed by atoms with E-state index >= 15 is 0 Å². The maximum Gasteiger partial charge on any atom is 0.251 e. The van der Waals surface area contributed by atoms with Crippen molar-refractivity contribution in [2.45, 2.75) is 13.5 Å². The molecule has 0 aliphatic heterocycles. The van der Waals surface area contributed by atoms with Gasteiger partial charge in [-0.25, -0.2) is 0 Å². The first kappa shape index (κ1) is 17.1. The first-order chi connectivity index (χ1) is 10.9. The molecule has 0 saturated heterocycles. The van der Waals surface area contributed by atoms with E-state index in [1.165, 1.54) is 19.2 Å². The summed E-state index contributed by atoms with van der Waals surface area (Å²) in [6, 6.07) is 9.67. The highest BCUT2D eigenvalue weighted by atomic mass is 35.5. The first-order valence-corrected chi connectivity index (χ1v) is 7.17. The number of hydrogen-bond donors (Lipinski definition) is 2. The Bertz CT molecular complexity index is 719. The van der Waals surface area contributed by atoms with Gasteiger partial charge in [0.2, 0.25) is 0 Å². The number of benzene rings is 2. The van der Waals surface area contributed by atoms with E-state index in [-0.39, 0.29) is 23.4 Å². The third kappa shape index (κ3) is 4.35. The summed E-state index contributed by atoms with van der Waals surface area (Å²) >= 11 is 5.93. The van der Waals surface area contributed by atoms with Gasteiger partial charge in [-0.3, -0.25) is 10.0 Å². The molecule has 2 N–H and O–H groups in total. The lowest BCUT2D eigenvalue weighted by Gasteiger charge is -2.25. The number of methoxy groups -OCH3 is 1. The fraction of sp³-hybridized carbons (Fsp3) is 0.188. The van der Waals surface area contributed by atoms with E-state index in [0.717, 1.165) is 5.56 Å². The lowest BCUT2D eigenvalue weighted by molar-refractivity contribution is 0.0950. The van der Waals surface area contributed by atoms with Crippen molar-refractivity contribution in [3.63, 3.8) is 0 Å². The SMILES string of the molecule is COc1cc(Cl)cc(C(=O)NCc2ccc(C)cc2N([O-])O)c1. The average molecular weight is 336 g/mol. The van der Waals surface area contributed by atoms with Crippen LogP contribution in [0.3, 0.4) is 0 Å². The summed E-state index contributed by atoms with van der Waals surface area (Å²) in [6.45, 7) is 1.89. The number of nitrogens with one attached hydrogen (secondary N) is 1. The molecule has 0 fully saturated rings. The van der Waals surface area contributed by atoms with Gasteiger partial charge in [0.25, 0.3) is 5.91 Å². The van der Waals surface area contributed by atoms with Crippen LogP contribution in [-0.4, -0.2) is 18.2 Å². The summed E-state index contributed by atoms with van der Waals surface area (Å²) in [7, 11) is 1.48. The molecule has 0 bridgehead atoms. The number of hydrogen-bond acceptors (Lipinski definition) is 5. The lowest BCUT2D eigenvalue weighted by atomic mass is 10.1. The molecule has 0 atom stereocenters. The van der Waals surface area contributed by atoms with Crippen LogP contribution in [0.15, 0.2) is 36.4 Å². The van der Waals surface area contributed by atoms with Crippen molar-refractivity contribution in [1.29, 1.82) is 0 Å². The topological polar surface area (TPSA) is 84.9 Å². The molecule has 0 heterocycles. The van der Waals surface area contributed by atoms with E-state index in [1.54, 1.807) is 31.2 Å². The Hall–Kier alpha value is -2.28. The molecule has 0 aromatic heterocycles. The molecule has 2 aromatic carbocycles. The highest BCUT2D eigenvalue weighted by molar-refractivity contribution is 6.31. The van der Waals surface area contributed by atoms with Gasteiger partial charge in [-0.15, -0.1) is 0 Å². The molecular weight excluding hydrogens is 320 g/mol. The van der Waals surface area contributed by atoms with Gasteiger partial charge in [-0.1, -0.05) is 23.7 Å². The van der Waals surface area contributed by atoms with E-state index in [0.29, 0.717) is 21.9 Å². The Morgan fingerprint density at radius 3 is 2.74 bits per heavy atom. The molecule has 7 heteroatoms. The summed E-state index contributed by atoms with van der Waals surface area (Å²) < 4.78 is 5.07. The molecule has 0 spiro atoms. The smallest absolute Gasteiger partial charge is 0.251 e. The quantitative estimate of drug-likeness (QED) is 0.819. The number of anilines is 1. The average Bonchev–Trinajstić information content (AvgIpc) is 2.52. The molecule has 0 aliphatic rings. The molecule has 1 amide bonds. The highest BCUT2D eigenvalue weighted by Crippen LogP contribution is 2.22. The number of nitrogens with zero attached hydrogens (tertiary/aromatic N) is 1. The van der Waals surface area contributed by atoms with E-state index < -0.39 is 0 Å². The minimum atomic E-state index is -0.368. The second kappa shape index (κ2) is 7.32. The van der Waals surface area contributed by atoms with Crippen molar-refractivity contribution in [2.75, 3.05) is 12.3 Å². The van der Waals surface area contributed by atoms with Crippen molar-refractivity contribution < 1.29 is 14.7 Å². The Balaban J connectivity index is 2.15. The summed E-state index contributed by atoms with van der Waals surface area (Å²) in [6.07, 6.45) is 0. The van der Waals surface area contributed by atoms with Gasteiger partial charge < -0.3 is 20.5 Å². The van der Waals surface area contributed by atoms with Crippen molar-refractivity contribution in [1.82, 2.24) is 5.32 Å². The van der Waals surface area contributed by atoms with Crippen molar-refractivity contribution >= 4 is 23.2 Å². The van der Waals surface area contributed by atoms with E-state index in [1.807, 2.05) is 0 Å². The van der Waals surface area contributed by atoms with Crippen LogP contribution in [0.25, 0.3) is 0 Å². The maximum absolute atomic E-state index is 12.2. The van der Waals surface area contributed by atoms with Crippen LogP contribution in [0, 0.1) is 12.1 Å². The number of ether oxygens (including phenoxy) is 1. The Kier molecular flexibility index (Phi) is 5.44. The minimum absolute atomic E-state index is 0.0859. The number of carbonyl (C=O) groups excluding carboxylic acids is 1. The van der Waals surface area contributed by atoms with Crippen molar-refractivity contribution in [2.24, 2.45) is 0 Å². The van der Waals surface area contributed by atoms with Gasteiger partial charge in [0, 0.05) is 17.1 Å². The molecule has 6 nitrogen and oxygen atoms in total. The van der Waals surface area contributed by atoms with Gasteiger partial charge in [0.05, 0.1) is 12.8 Å².